The highest BCUT2D eigenvalue weighted by Crippen LogP contribution is 2.17. The van der Waals surface area contributed by atoms with Crippen LogP contribution in [-0.4, -0.2) is 34.7 Å². The third-order valence-electron chi connectivity index (χ3n) is 3.11. The first-order chi connectivity index (χ1) is 8.59. The van der Waals surface area contributed by atoms with Crippen LogP contribution in [0.3, 0.4) is 0 Å². The first-order valence-electron chi connectivity index (χ1n) is 5.93. The molecule has 1 saturated heterocycles. The normalized spacial score (nSPS) is 19.5. The van der Waals surface area contributed by atoms with E-state index in [9.17, 15) is 9.59 Å². The van der Waals surface area contributed by atoms with E-state index in [1.807, 2.05) is 0 Å². The van der Waals surface area contributed by atoms with Gasteiger partial charge in [0, 0.05) is 13.6 Å². The number of rotatable bonds is 3. The molecule has 7 heteroatoms. The molecule has 1 atom stereocenters. The molecule has 0 saturated carbocycles. The minimum atomic E-state index is -0.597. The molecule has 1 aromatic rings. The van der Waals surface area contributed by atoms with Crippen LogP contribution in [0.1, 0.15) is 23.2 Å². The number of anilines is 1. The lowest BCUT2D eigenvalue weighted by molar-refractivity contribution is -0.120. The fraction of sp³-hybridized carbons (Fsp3) is 0.545. The van der Waals surface area contributed by atoms with Gasteiger partial charge in [0.2, 0.25) is 5.91 Å². The molecule has 0 spiro atoms. The van der Waals surface area contributed by atoms with Crippen LogP contribution in [0.25, 0.3) is 0 Å². The van der Waals surface area contributed by atoms with E-state index in [-0.39, 0.29) is 17.4 Å². The number of nitrogens with one attached hydrogen (secondary N) is 2. The van der Waals surface area contributed by atoms with Crippen molar-refractivity contribution < 1.29 is 9.59 Å². The van der Waals surface area contributed by atoms with Gasteiger partial charge in [-0.1, -0.05) is 0 Å². The number of hydrogen-bond acceptors (Lipinski definition) is 4. The van der Waals surface area contributed by atoms with Crippen molar-refractivity contribution in [3.63, 3.8) is 0 Å². The second-order valence-corrected chi connectivity index (χ2v) is 4.43. The monoisotopic (exact) mass is 251 g/mol. The highest BCUT2D eigenvalue weighted by molar-refractivity contribution is 6.02. The number of aryl methyl sites for hydroxylation is 1. The molecular weight excluding hydrogens is 234 g/mol. The molecule has 1 aliphatic rings. The first kappa shape index (κ1) is 12.6. The maximum absolute atomic E-state index is 12.0. The molecule has 0 radical (unpaired) electrons. The number of aromatic nitrogens is 2. The summed E-state index contributed by atoms with van der Waals surface area (Å²) in [4.78, 5) is 23.2. The summed E-state index contributed by atoms with van der Waals surface area (Å²) in [6, 6.07) is 0. The molecule has 2 heterocycles. The Morgan fingerprint density at radius 1 is 1.61 bits per heavy atom. The molecule has 98 valence electrons. The van der Waals surface area contributed by atoms with Gasteiger partial charge in [-0.15, -0.1) is 0 Å². The summed E-state index contributed by atoms with van der Waals surface area (Å²) in [5.74, 6) is -0.416. The van der Waals surface area contributed by atoms with Gasteiger partial charge in [-0.05, 0) is 19.4 Å². The number of carbonyl (C=O) groups is 2. The van der Waals surface area contributed by atoms with Crippen molar-refractivity contribution in [3.05, 3.63) is 11.8 Å². The van der Waals surface area contributed by atoms with Crippen LogP contribution in [0.5, 0.6) is 0 Å². The lowest BCUT2D eigenvalue weighted by Gasteiger charge is -2.22. The molecule has 18 heavy (non-hydrogen) atoms. The average Bonchev–Trinajstić information content (AvgIpc) is 2.72. The number of nitrogens with zero attached hydrogens (tertiary/aromatic N) is 2. The number of nitrogens with two attached hydrogens (primary N) is 1. The second-order valence-electron chi connectivity index (χ2n) is 4.43. The Balaban J connectivity index is 2.10. The smallest absolute Gasteiger partial charge is 0.254 e. The van der Waals surface area contributed by atoms with Gasteiger partial charge in [0.25, 0.3) is 5.91 Å². The Kier molecular flexibility index (Phi) is 3.61. The number of hydrogen-bond donors (Lipinski definition) is 3. The van der Waals surface area contributed by atoms with Gasteiger partial charge >= 0.3 is 0 Å². The van der Waals surface area contributed by atoms with Gasteiger partial charge in [0.05, 0.1) is 12.1 Å². The number of primary amides is 1. The SMILES string of the molecule is Cn1ncc(C(N)=O)c1NC(=O)C1CCCNC1. The molecular formula is C11H17N5O2. The zero-order valence-electron chi connectivity index (χ0n) is 10.3. The lowest BCUT2D eigenvalue weighted by Crippen LogP contribution is -2.37. The van der Waals surface area contributed by atoms with Crippen LogP contribution >= 0.6 is 0 Å². The highest BCUT2D eigenvalue weighted by Gasteiger charge is 2.23. The fourth-order valence-electron chi connectivity index (χ4n) is 2.06. The van der Waals surface area contributed by atoms with Crippen LogP contribution < -0.4 is 16.4 Å². The average molecular weight is 251 g/mol. The van der Waals surface area contributed by atoms with E-state index in [0.29, 0.717) is 12.4 Å². The van der Waals surface area contributed by atoms with E-state index in [1.54, 1.807) is 7.05 Å². The van der Waals surface area contributed by atoms with Crippen molar-refractivity contribution in [2.75, 3.05) is 18.4 Å². The van der Waals surface area contributed by atoms with Crippen LogP contribution in [0.2, 0.25) is 0 Å². The maximum Gasteiger partial charge on any atom is 0.254 e. The fourth-order valence-corrected chi connectivity index (χ4v) is 2.06. The molecule has 1 aliphatic heterocycles. The van der Waals surface area contributed by atoms with Gasteiger partial charge < -0.3 is 16.4 Å². The van der Waals surface area contributed by atoms with Gasteiger partial charge in [-0.3, -0.25) is 14.3 Å². The predicted molar refractivity (Wildman–Crippen MR) is 65.9 cm³/mol. The number of piperidine rings is 1. The number of carbonyl (C=O) groups excluding carboxylic acids is 2. The van der Waals surface area contributed by atoms with Crippen molar-refractivity contribution in [2.45, 2.75) is 12.8 Å². The van der Waals surface area contributed by atoms with Crippen LogP contribution in [0.15, 0.2) is 6.20 Å². The molecule has 1 unspecified atom stereocenters. The third-order valence-corrected chi connectivity index (χ3v) is 3.11. The Hall–Kier alpha value is -1.89. The van der Waals surface area contributed by atoms with Crippen molar-refractivity contribution in [3.8, 4) is 0 Å². The number of amides is 2. The summed E-state index contributed by atoms with van der Waals surface area (Å²) in [7, 11) is 1.65. The first-order valence-corrected chi connectivity index (χ1v) is 5.93. The molecule has 0 aliphatic carbocycles. The summed E-state index contributed by atoms with van der Waals surface area (Å²) >= 11 is 0. The Labute approximate surface area is 105 Å². The van der Waals surface area contributed by atoms with E-state index in [4.69, 9.17) is 5.73 Å². The molecule has 1 aromatic heterocycles. The minimum Gasteiger partial charge on any atom is -0.365 e. The van der Waals surface area contributed by atoms with Gasteiger partial charge in [0.1, 0.15) is 11.4 Å². The van der Waals surface area contributed by atoms with E-state index >= 15 is 0 Å². The summed E-state index contributed by atoms with van der Waals surface area (Å²) in [6.07, 6.45) is 3.19. The van der Waals surface area contributed by atoms with E-state index in [1.165, 1.54) is 10.9 Å². The quantitative estimate of drug-likeness (QED) is 0.671. The summed E-state index contributed by atoms with van der Waals surface area (Å²) in [6.45, 7) is 1.61. The molecule has 0 bridgehead atoms. The van der Waals surface area contributed by atoms with Crippen molar-refractivity contribution in [1.29, 1.82) is 0 Å². The van der Waals surface area contributed by atoms with E-state index < -0.39 is 5.91 Å². The maximum atomic E-state index is 12.0. The standard InChI is InChI=1S/C11H17N5O2/c1-16-10(8(6-14-16)9(12)17)15-11(18)7-3-2-4-13-5-7/h6-7,13H,2-5H2,1H3,(H2,12,17)(H,15,18). The van der Waals surface area contributed by atoms with E-state index in [2.05, 4.69) is 15.7 Å². The summed E-state index contributed by atoms with van der Waals surface area (Å²) in [5, 5.41) is 9.82. The Morgan fingerprint density at radius 2 is 2.39 bits per heavy atom. The largest absolute Gasteiger partial charge is 0.365 e. The van der Waals surface area contributed by atoms with Crippen molar-refractivity contribution in [2.24, 2.45) is 18.7 Å². The summed E-state index contributed by atoms with van der Waals surface area (Å²) in [5.41, 5.74) is 5.46. The van der Waals surface area contributed by atoms with E-state index in [0.717, 1.165) is 19.4 Å². The second kappa shape index (κ2) is 5.18. The third kappa shape index (κ3) is 2.51. The Morgan fingerprint density at radius 3 is 3.00 bits per heavy atom. The van der Waals surface area contributed by atoms with Gasteiger partial charge in [0.15, 0.2) is 0 Å². The van der Waals surface area contributed by atoms with Crippen LogP contribution in [0.4, 0.5) is 5.82 Å². The zero-order chi connectivity index (χ0) is 13.1. The zero-order valence-corrected chi connectivity index (χ0v) is 10.3. The molecule has 2 rings (SSSR count). The van der Waals surface area contributed by atoms with Crippen molar-refractivity contribution >= 4 is 17.6 Å². The summed E-state index contributed by atoms with van der Waals surface area (Å²) < 4.78 is 1.44. The van der Waals surface area contributed by atoms with Gasteiger partial charge in [-0.25, -0.2) is 0 Å². The molecule has 4 N–H and O–H groups in total. The van der Waals surface area contributed by atoms with Crippen molar-refractivity contribution in [1.82, 2.24) is 15.1 Å². The van der Waals surface area contributed by atoms with Crippen LogP contribution in [0, 0.1) is 5.92 Å². The Bertz CT molecular complexity index is 462. The lowest BCUT2D eigenvalue weighted by atomic mass is 9.99. The molecule has 2 amide bonds. The predicted octanol–water partition coefficient (Wildman–Crippen LogP) is -0.543. The molecule has 7 nitrogen and oxygen atoms in total. The minimum absolute atomic E-state index is 0.0747. The topological polar surface area (TPSA) is 102 Å². The highest BCUT2D eigenvalue weighted by atomic mass is 16.2. The van der Waals surface area contributed by atoms with Gasteiger partial charge in [-0.2, -0.15) is 5.10 Å². The molecule has 0 aromatic carbocycles. The molecule has 1 fully saturated rings. The van der Waals surface area contributed by atoms with Crippen LogP contribution in [-0.2, 0) is 11.8 Å².